The van der Waals surface area contributed by atoms with Gasteiger partial charge in [0.2, 0.25) is 5.78 Å². The van der Waals surface area contributed by atoms with Crippen molar-refractivity contribution in [1.82, 2.24) is 10.2 Å². The topological polar surface area (TPSA) is 173 Å². The number of fused-ring (bicyclic) bond motifs is 3. The molecular weight excluding hydrogens is 478 g/mol. The molecular formula is C27H33N3O7. The van der Waals surface area contributed by atoms with Crippen molar-refractivity contribution in [1.29, 1.82) is 0 Å². The molecule has 198 valence electrons. The van der Waals surface area contributed by atoms with Crippen molar-refractivity contribution in [2.75, 3.05) is 20.6 Å². The number of carbonyl (C=O) groups is 3. The lowest BCUT2D eigenvalue weighted by molar-refractivity contribution is -0.153. The average molecular weight is 512 g/mol. The van der Waals surface area contributed by atoms with E-state index < -0.39 is 58.0 Å². The molecule has 2 unspecified atom stereocenters. The molecule has 7 N–H and O–H groups in total. The Morgan fingerprint density at radius 3 is 2.51 bits per heavy atom. The molecule has 4 rings (SSSR count). The Morgan fingerprint density at radius 2 is 1.92 bits per heavy atom. The molecule has 0 aliphatic heterocycles. The van der Waals surface area contributed by atoms with E-state index in [9.17, 15) is 34.8 Å². The van der Waals surface area contributed by atoms with Gasteiger partial charge in [0.15, 0.2) is 11.4 Å². The van der Waals surface area contributed by atoms with Crippen LogP contribution in [-0.2, 0) is 27.3 Å². The van der Waals surface area contributed by atoms with Crippen molar-refractivity contribution in [2.45, 2.75) is 44.9 Å². The SMILES string of the molecule is C/C=C(/C)CNCc1ccc2c(c1O)C(O)=C1C(=O)[C@]3(O)C(O)=C(C(N)=O)C(=O)[C@@H](N(C)C)C3CC1C2. The predicted octanol–water partition coefficient (Wildman–Crippen LogP) is 1.02. The lowest BCUT2D eigenvalue weighted by Gasteiger charge is -2.50. The minimum absolute atomic E-state index is 0.0679. The standard InChI is InChI=1S/C27H33N3O7/c1-5-12(2)10-29-11-14-7-6-13-8-15-9-16-20(30(3)4)23(33)19(26(28)36)25(35)27(16,37)24(34)18(15)22(32)17(13)21(14)31/h5-7,15-16,20,29,31-32,35,37H,8-11H2,1-4H3,(H2,28,36)/b12-5-/t15?,16?,20-,27-/m0/s1. The summed E-state index contributed by atoms with van der Waals surface area (Å²) in [5, 5.41) is 48.0. The van der Waals surface area contributed by atoms with E-state index in [0.29, 0.717) is 24.2 Å². The molecule has 1 aromatic carbocycles. The van der Waals surface area contributed by atoms with E-state index in [-0.39, 0.29) is 29.7 Å². The van der Waals surface area contributed by atoms with Gasteiger partial charge in [-0.15, -0.1) is 0 Å². The number of rotatable bonds is 6. The number of likely N-dealkylation sites (N-methyl/N-ethyl adjacent to an activating group) is 1. The zero-order valence-corrected chi connectivity index (χ0v) is 21.3. The third kappa shape index (κ3) is 3.96. The number of allylic oxidation sites excluding steroid dienone is 1. The van der Waals surface area contributed by atoms with Gasteiger partial charge in [-0.1, -0.05) is 23.8 Å². The predicted molar refractivity (Wildman–Crippen MR) is 135 cm³/mol. The number of ketones is 2. The Morgan fingerprint density at radius 1 is 1.24 bits per heavy atom. The van der Waals surface area contributed by atoms with E-state index >= 15 is 0 Å². The highest BCUT2D eigenvalue weighted by atomic mass is 16.3. The zero-order chi connectivity index (χ0) is 27.4. The molecule has 0 aromatic heterocycles. The zero-order valence-electron chi connectivity index (χ0n) is 21.3. The first-order chi connectivity index (χ1) is 17.4. The third-order valence-electron chi connectivity index (χ3n) is 7.89. The fourth-order valence-corrected chi connectivity index (χ4v) is 5.90. The number of hydrogen-bond acceptors (Lipinski definition) is 9. The summed E-state index contributed by atoms with van der Waals surface area (Å²) in [6.07, 6.45) is 2.31. The number of amides is 1. The molecule has 1 amide bonds. The van der Waals surface area contributed by atoms with E-state index in [4.69, 9.17) is 5.73 Å². The summed E-state index contributed by atoms with van der Waals surface area (Å²) in [6, 6.07) is 2.44. The number of aromatic hydroxyl groups is 1. The quantitative estimate of drug-likeness (QED) is 0.241. The van der Waals surface area contributed by atoms with Crippen molar-refractivity contribution in [3.63, 3.8) is 0 Å². The van der Waals surface area contributed by atoms with Gasteiger partial charge in [0, 0.05) is 30.1 Å². The van der Waals surface area contributed by atoms with Crippen LogP contribution in [0.15, 0.2) is 40.7 Å². The van der Waals surface area contributed by atoms with Gasteiger partial charge < -0.3 is 31.5 Å². The molecule has 1 saturated carbocycles. The summed E-state index contributed by atoms with van der Waals surface area (Å²) < 4.78 is 0. The van der Waals surface area contributed by atoms with Crippen LogP contribution in [0.2, 0.25) is 0 Å². The molecule has 1 aromatic rings. The summed E-state index contributed by atoms with van der Waals surface area (Å²) in [7, 11) is 3.14. The first kappa shape index (κ1) is 26.6. The van der Waals surface area contributed by atoms with Crippen LogP contribution in [0, 0.1) is 11.8 Å². The monoisotopic (exact) mass is 511 g/mol. The highest BCUT2D eigenvalue weighted by Gasteiger charge is 2.64. The smallest absolute Gasteiger partial charge is 0.255 e. The second-order valence-corrected chi connectivity index (χ2v) is 10.3. The van der Waals surface area contributed by atoms with E-state index in [1.807, 2.05) is 19.9 Å². The molecule has 37 heavy (non-hydrogen) atoms. The fourth-order valence-electron chi connectivity index (χ4n) is 5.90. The maximum atomic E-state index is 13.8. The molecule has 4 atom stereocenters. The van der Waals surface area contributed by atoms with Crippen molar-refractivity contribution < 1.29 is 34.8 Å². The molecule has 1 fully saturated rings. The number of aliphatic hydroxyl groups excluding tert-OH is 2. The van der Waals surface area contributed by atoms with E-state index in [0.717, 1.165) is 5.57 Å². The van der Waals surface area contributed by atoms with Crippen LogP contribution in [0.3, 0.4) is 0 Å². The number of phenols is 1. The van der Waals surface area contributed by atoms with Crippen LogP contribution < -0.4 is 11.1 Å². The van der Waals surface area contributed by atoms with E-state index in [2.05, 4.69) is 5.32 Å². The number of nitrogens with one attached hydrogen (secondary N) is 1. The molecule has 3 aliphatic carbocycles. The summed E-state index contributed by atoms with van der Waals surface area (Å²) in [4.78, 5) is 40.4. The molecule has 0 bridgehead atoms. The normalized spacial score (nSPS) is 27.8. The summed E-state index contributed by atoms with van der Waals surface area (Å²) >= 11 is 0. The van der Waals surface area contributed by atoms with E-state index in [1.54, 1.807) is 26.2 Å². The number of carbonyl (C=O) groups excluding carboxylic acids is 3. The second-order valence-electron chi connectivity index (χ2n) is 10.3. The third-order valence-corrected chi connectivity index (χ3v) is 7.89. The van der Waals surface area contributed by atoms with Gasteiger partial charge in [-0.25, -0.2) is 0 Å². The number of nitrogens with two attached hydrogens (primary N) is 1. The minimum Gasteiger partial charge on any atom is -0.508 e. The Kier molecular flexibility index (Phi) is 6.78. The van der Waals surface area contributed by atoms with Crippen LogP contribution in [0.4, 0.5) is 0 Å². The van der Waals surface area contributed by atoms with Gasteiger partial charge in [0.25, 0.3) is 5.91 Å². The Bertz CT molecular complexity index is 1290. The lowest BCUT2D eigenvalue weighted by atomic mass is 9.57. The van der Waals surface area contributed by atoms with Crippen molar-refractivity contribution in [3.8, 4) is 5.75 Å². The molecule has 10 nitrogen and oxygen atoms in total. The average Bonchev–Trinajstić information content (AvgIpc) is 2.82. The summed E-state index contributed by atoms with van der Waals surface area (Å²) in [6.45, 7) is 4.81. The number of nitrogens with zero attached hydrogens (tertiary/aromatic N) is 1. The van der Waals surface area contributed by atoms with Crippen molar-refractivity contribution in [2.24, 2.45) is 17.6 Å². The summed E-state index contributed by atoms with van der Waals surface area (Å²) in [5.41, 5.74) is 4.08. The number of primary amides is 1. The Balaban J connectivity index is 1.82. The number of hydrogen-bond donors (Lipinski definition) is 6. The van der Waals surface area contributed by atoms with Gasteiger partial charge in [-0.2, -0.15) is 0 Å². The molecule has 3 aliphatic rings. The number of benzene rings is 1. The van der Waals surface area contributed by atoms with E-state index in [1.165, 1.54) is 4.90 Å². The lowest BCUT2D eigenvalue weighted by Crippen LogP contribution is -2.65. The van der Waals surface area contributed by atoms with Crippen LogP contribution in [0.1, 0.15) is 37.0 Å². The van der Waals surface area contributed by atoms with Crippen LogP contribution >= 0.6 is 0 Å². The van der Waals surface area contributed by atoms with Gasteiger partial charge in [-0.3, -0.25) is 19.3 Å². The molecule has 0 radical (unpaired) electrons. The number of Topliss-reactive ketones (excluding diaryl/α,β-unsaturated/α-hetero) is 2. The van der Waals surface area contributed by atoms with Gasteiger partial charge in [0.1, 0.15) is 22.8 Å². The largest absolute Gasteiger partial charge is 0.508 e. The van der Waals surface area contributed by atoms with Gasteiger partial charge >= 0.3 is 0 Å². The maximum absolute atomic E-state index is 13.8. The summed E-state index contributed by atoms with van der Waals surface area (Å²) in [5.74, 6) is -6.47. The first-order valence-corrected chi connectivity index (χ1v) is 12.2. The van der Waals surface area contributed by atoms with Crippen molar-refractivity contribution >= 4 is 23.2 Å². The van der Waals surface area contributed by atoms with Crippen LogP contribution in [0.5, 0.6) is 5.75 Å². The van der Waals surface area contributed by atoms with Crippen LogP contribution in [-0.4, -0.2) is 75.1 Å². The molecule has 0 heterocycles. The maximum Gasteiger partial charge on any atom is 0.255 e. The second kappa shape index (κ2) is 9.44. The molecule has 0 saturated heterocycles. The van der Waals surface area contributed by atoms with Crippen molar-refractivity contribution in [3.05, 3.63) is 57.4 Å². The highest BCUT2D eigenvalue weighted by molar-refractivity contribution is 6.24. The fraction of sp³-hybridized carbons (Fsp3) is 0.444. The first-order valence-electron chi connectivity index (χ1n) is 12.2. The minimum atomic E-state index is -2.64. The Hall–Kier alpha value is -3.47. The number of phenolic OH excluding ortho intramolecular Hbond substituents is 1. The molecule has 0 spiro atoms. The number of aliphatic hydroxyl groups is 3. The van der Waals surface area contributed by atoms with Gasteiger partial charge in [0.05, 0.1) is 11.6 Å². The highest BCUT2D eigenvalue weighted by Crippen LogP contribution is 2.52. The van der Waals surface area contributed by atoms with Gasteiger partial charge in [-0.05, 0) is 52.3 Å². The Labute approximate surface area is 214 Å². The van der Waals surface area contributed by atoms with Crippen LogP contribution in [0.25, 0.3) is 5.76 Å². The molecule has 10 heteroatoms.